The molecule has 144 valence electrons. The Bertz CT molecular complexity index is 952. The van der Waals surface area contributed by atoms with E-state index < -0.39 is 0 Å². The lowest BCUT2D eigenvalue weighted by molar-refractivity contribution is 0.0954. The topological polar surface area (TPSA) is 63.2 Å². The summed E-state index contributed by atoms with van der Waals surface area (Å²) in [5.41, 5.74) is 5.04. The van der Waals surface area contributed by atoms with Crippen LogP contribution in [0.15, 0.2) is 60.8 Å². The monoisotopic (exact) mass is 375 g/mol. The molecule has 5 heteroatoms. The molecule has 0 radical (unpaired) electrons. The molecule has 28 heavy (non-hydrogen) atoms. The first-order valence-corrected chi connectivity index (χ1v) is 9.26. The van der Waals surface area contributed by atoms with E-state index in [4.69, 9.17) is 4.74 Å². The number of rotatable bonds is 7. The molecule has 0 atom stereocenters. The van der Waals surface area contributed by atoms with E-state index in [1.165, 1.54) is 5.56 Å². The van der Waals surface area contributed by atoms with Gasteiger partial charge in [-0.05, 0) is 61.7 Å². The van der Waals surface area contributed by atoms with E-state index in [0.29, 0.717) is 17.9 Å². The second-order valence-electron chi connectivity index (χ2n) is 6.73. The maximum Gasteiger partial charge on any atom is 0.252 e. The minimum Gasteiger partial charge on any atom is -0.497 e. The molecule has 0 fully saturated rings. The zero-order valence-electron chi connectivity index (χ0n) is 16.5. The Hall–Kier alpha value is -3.34. The second kappa shape index (κ2) is 9.04. The van der Waals surface area contributed by atoms with Gasteiger partial charge in [-0.25, -0.2) is 4.98 Å². The number of amides is 1. The highest BCUT2D eigenvalue weighted by Gasteiger charge is 2.07. The Labute approximate surface area is 165 Å². The molecule has 3 aromatic rings. The van der Waals surface area contributed by atoms with E-state index in [-0.39, 0.29) is 5.91 Å². The molecular weight excluding hydrogens is 350 g/mol. The Kier molecular flexibility index (Phi) is 6.27. The molecule has 2 N–H and O–H groups in total. The molecule has 5 nitrogen and oxygen atoms in total. The summed E-state index contributed by atoms with van der Waals surface area (Å²) in [6, 6.07) is 17.6. The second-order valence-corrected chi connectivity index (χ2v) is 6.73. The van der Waals surface area contributed by atoms with Crippen molar-refractivity contribution in [3.63, 3.8) is 0 Å². The molecule has 1 amide bonds. The van der Waals surface area contributed by atoms with Crippen LogP contribution in [0.25, 0.3) is 0 Å². The molecule has 0 saturated heterocycles. The lowest BCUT2D eigenvalue weighted by atomic mass is 10.1. The summed E-state index contributed by atoms with van der Waals surface area (Å²) >= 11 is 0. The van der Waals surface area contributed by atoms with Gasteiger partial charge in [-0.15, -0.1) is 0 Å². The van der Waals surface area contributed by atoms with Gasteiger partial charge >= 0.3 is 0 Å². The molecule has 3 rings (SSSR count). The average molecular weight is 375 g/mol. The van der Waals surface area contributed by atoms with Crippen LogP contribution in [0.2, 0.25) is 0 Å². The van der Waals surface area contributed by atoms with Gasteiger partial charge in [0.2, 0.25) is 0 Å². The number of aryl methyl sites for hydroxylation is 2. The standard InChI is InChI=1S/C23H25N3O2/c1-16-7-9-21(17(2)13-16)26-22-10-8-19(15-25-22)23(27)24-12-11-18-5-4-6-20(14-18)28-3/h4-10,13-15H,11-12H2,1-3H3,(H,24,27)(H,25,26). The lowest BCUT2D eigenvalue weighted by Gasteiger charge is -2.10. The Morgan fingerprint density at radius 2 is 1.93 bits per heavy atom. The number of benzene rings is 2. The number of pyridine rings is 1. The highest BCUT2D eigenvalue weighted by Crippen LogP contribution is 2.20. The van der Waals surface area contributed by atoms with Gasteiger partial charge < -0.3 is 15.4 Å². The van der Waals surface area contributed by atoms with E-state index in [0.717, 1.165) is 29.0 Å². The van der Waals surface area contributed by atoms with Crippen molar-refractivity contribution in [3.8, 4) is 5.75 Å². The first-order valence-electron chi connectivity index (χ1n) is 9.26. The predicted molar refractivity (Wildman–Crippen MR) is 112 cm³/mol. The minimum atomic E-state index is -0.131. The number of carbonyl (C=O) groups is 1. The molecule has 0 unspecified atom stereocenters. The third kappa shape index (κ3) is 5.10. The van der Waals surface area contributed by atoms with Crippen LogP contribution in [-0.2, 0) is 6.42 Å². The van der Waals surface area contributed by atoms with Gasteiger partial charge in [-0.1, -0.05) is 29.8 Å². The van der Waals surface area contributed by atoms with Crippen molar-refractivity contribution in [2.75, 3.05) is 19.0 Å². The minimum absolute atomic E-state index is 0.131. The van der Waals surface area contributed by atoms with E-state index in [2.05, 4.69) is 41.6 Å². The average Bonchev–Trinajstić information content (AvgIpc) is 2.71. The van der Waals surface area contributed by atoms with Crippen molar-refractivity contribution in [2.45, 2.75) is 20.3 Å². The fraction of sp³-hybridized carbons (Fsp3) is 0.217. The van der Waals surface area contributed by atoms with Gasteiger partial charge in [0.15, 0.2) is 0 Å². The van der Waals surface area contributed by atoms with Crippen LogP contribution < -0.4 is 15.4 Å². The van der Waals surface area contributed by atoms with Crippen LogP contribution in [0, 0.1) is 13.8 Å². The third-order valence-electron chi connectivity index (χ3n) is 4.50. The number of hydrogen-bond donors (Lipinski definition) is 2. The van der Waals surface area contributed by atoms with Crippen molar-refractivity contribution in [1.29, 1.82) is 0 Å². The normalized spacial score (nSPS) is 10.4. The molecule has 0 saturated carbocycles. The van der Waals surface area contributed by atoms with Crippen molar-refractivity contribution in [3.05, 3.63) is 83.0 Å². The largest absolute Gasteiger partial charge is 0.497 e. The first kappa shape index (κ1) is 19.4. The Balaban J connectivity index is 1.54. The number of nitrogens with one attached hydrogen (secondary N) is 2. The van der Waals surface area contributed by atoms with E-state index in [9.17, 15) is 4.79 Å². The summed E-state index contributed by atoms with van der Waals surface area (Å²) in [7, 11) is 1.65. The molecule has 0 aliphatic rings. The molecule has 1 aromatic heterocycles. The number of carbonyl (C=O) groups excluding carboxylic acids is 1. The summed E-state index contributed by atoms with van der Waals surface area (Å²) in [6.07, 6.45) is 2.33. The molecule has 0 bridgehead atoms. The van der Waals surface area contributed by atoms with Crippen LogP contribution >= 0.6 is 0 Å². The number of methoxy groups -OCH3 is 1. The van der Waals surface area contributed by atoms with Crippen LogP contribution in [0.5, 0.6) is 5.75 Å². The van der Waals surface area contributed by atoms with Crippen LogP contribution in [0.4, 0.5) is 11.5 Å². The van der Waals surface area contributed by atoms with Crippen LogP contribution in [0.3, 0.4) is 0 Å². The number of hydrogen-bond acceptors (Lipinski definition) is 4. The van der Waals surface area contributed by atoms with Gasteiger partial charge in [0.05, 0.1) is 12.7 Å². The Morgan fingerprint density at radius 3 is 2.64 bits per heavy atom. The third-order valence-corrected chi connectivity index (χ3v) is 4.50. The molecule has 0 spiro atoms. The summed E-state index contributed by atoms with van der Waals surface area (Å²) in [4.78, 5) is 16.7. The van der Waals surface area contributed by atoms with E-state index >= 15 is 0 Å². The molecule has 0 aliphatic heterocycles. The van der Waals surface area contributed by atoms with Crippen molar-refractivity contribution >= 4 is 17.4 Å². The lowest BCUT2D eigenvalue weighted by Crippen LogP contribution is -2.25. The molecule has 0 aliphatic carbocycles. The maximum atomic E-state index is 12.3. The van der Waals surface area contributed by atoms with Gasteiger partial charge in [0.1, 0.15) is 11.6 Å². The smallest absolute Gasteiger partial charge is 0.252 e. The molecule has 2 aromatic carbocycles. The zero-order valence-corrected chi connectivity index (χ0v) is 16.5. The van der Waals surface area contributed by atoms with Gasteiger partial charge in [-0.3, -0.25) is 4.79 Å². The van der Waals surface area contributed by atoms with Crippen LogP contribution in [0.1, 0.15) is 27.0 Å². The van der Waals surface area contributed by atoms with E-state index in [1.807, 2.05) is 36.4 Å². The highest BCUT2D eigenvalue weighted by atomic mass is 16.5. The van der Waals surface area contributed by atoms with Crippen molar-refractivity contribution in [1.82, 2.24) is 10.3 Å². The van der Waals surface area contributed by atoms with E-state index in [1.54, 1.807) is 19.4 Å². The van der Waals surface area contributed by atoms with Gasteiger partial charge in [-0.2, -0.15) is 0 Å². The summed E-state index contributed by atoms with van der Waals surface area (Å²) in [5, 5.41) is 6.22. The highest BCUT2D eigenvalue weighted by molar-refractivity contribution is 5.94. The predicted octanol–water partition coefficient (Wildman–Crippen LogP) is 4.42. The number of aromatic nitrogens is 1. The maximum absolute atomic E-state index is 12.3. The van der Waals surface area contributed by atoms with Crippen molar-refractivity contribution < 1.29 is 9.53 Å². The summed E-state index contributed by atoms with van der Waals surface area (Å²) in [5.74, 6) is 1.40. The number of nitrogens with zero attached hydrogens (tertiary/aromatic N) is 1. The van der Waals surface area contributed by atoms with Gasteiger partial charge in [0, 0.05) is 18.4 Å². The first-order chi connectivity index (χ1) is 13.5. The fourth-order valence-corrected chi connectivity index (χ4v) is 2.94. The summed E-state index contributed by atoms with van der Waals surface area (Å²) < 4.78 is 5.22. The van der Waals surface area contributed by atoms with Crippen molar-refractivity contribution in [2.24, 2.45) is 0 Å². The number of ether oxygens (including phenoxy) is 1. The zero-order chi connectivity index (χ0) is 19.9. The molecule has 1 heterocycles. The van der Waals surface area contributed by atoms with Crippen LogP contribution in [-0.4, -0.2) is 24.5 Å². The SMILES string of the molecule is COc1cccc(CCNC(=O)c2ccc(Nc3ccc(C)cc3C)nc2)c1. The summed E-state index contributed by atoms with van der Waals surface area (Å²) in [6.45, 7) is 4.67. The van der Waals surface area contributed by atoms with Gasteiger partial charge in [0.25, 0.3) is 5.91 Å². The number of anilines is 2. The fourth-order valence-electron chi connectivity index (χ4n) is 2.94. The molecular formula is C23H25N3O2. The Morgan fingerprint density at radius 1 is 1.07 bits per heavy atom. The quantitative estimate of drug-likeness (QED) is 0.641.